The van der Waals surface area contributed by atoms with Crippen LogP contribution in [0.15, 0.2) is 0 Å². The molecule has 1 aliphatic carbocycles. The molecule has 0 saturated heterocycles. The van der Waals surface area contributed by atoms with Crippen LogP contribution < -0.4 is 0 Å². The van der Waals surface area contributed by atoms with Gasteiger partial charge >= 0.3 is 0 Å². The molecule has 2 nitrogen and oxygen atoms in total. The first-order valence-electron chi connectivity index (χ1n) is 2.34. The van der Waals surface area contributed by atoms with Crippen LogP contribution in [0.25, 0.3) is 0 Å². The quantitative estimate of drug-likeness (QED) is 0.471. The maximum Gasteiger partial charge on any atom is 0.168 e. The highest BCUT2D eigenvalue weighted by atomic mass is 16.5. The SMILES string of the molecule is COC1C(=O)C1C. The zero-order valence-corrected chi connectivity index (χ0v) is 4.47. The number of hydrogen-bond donors (Lipinski definition) is 0. The first-order chi connectivity index (χ1) is 3.27. The summed E-state index contributed by atoms with van der Waals surface area (Å²) in [7, 11) is 1.56. The Morgan fingerprint density at radius 2 is 2.14 bits per heavy atom. The average molecular weight is 100 g/mol. The summed E-state index contributed by atoms with van der Waals surface area (Å²) in [5, 5.41) is 0. The van der Waals surface area contributed by atoms with E-state index in [0.29, 0.717) is 0 Å². The number of carbonyl (C=O) groups excluding carboxylic acids is 1. The summed E-state index contributed by atoms with van der Waals surface area (Å²) in [6.07, 6.45) is -0.0694. The van der Waals surface area contributed by atoms with Crippen LogP contribution in [0.4, 0.5) is 0 Å². The van der Waals surface area contributed by atoms with Gasteiger partial charge in [0.15, 0.2) is 5.78 Å². The minimum absolute atomic E-state index is 0.0694. The second-order valence-corrected chi connectivity index (χ2v) is 1.85. The van der Waals surface area contributed by atoms with Crippen molar-refractivity contribution in [2.45, 2.75) is 13.0 Å². The topological polar surface area (TPSA) is 26.3 Å². The fourth-order valence-electron chi connectivity index (χ4n) is 0.654. The smallest absolute Gasteiger partial charge is 0.168 e. The van der Waals surface area contributed by atoms with Gasteiger partial charge < -0.3 is 4.74 Å². The van der Waals surface area contributed by atoms with Gasteiger partial charge in [-0.05, 0) is 0 Å². The van der Waals surface area contributed by atoms with Crippen LogP contribution in [0.3, 0.4) is 0 Å². The molecule has 1 aliphatic rings. The highest BCUT2D eigenvalue weighted by Crippen LogP contribution is 2.26. The number of hydrogen-bond acceptors (Lipinski definition) is 2. The molecule has 0 aromatic heterocycles. The average Bonchev–Trinajstić information content (AvgIpc) is 2.17. The zero-order chi connectivity index (χ0) is 5.44. The molecule has 40 valence electrons. The second-order valence-electron chi connectivity index (χ2n) is 1.85. The fraction of sp³-hybridized carbons (Fsp3) is 0.800. The first kappa shape index (κ1) is 4.78. The third kappa shape index (κ3) is 0.548. The van der Waals surface area contributed by atoms with Gasteiger partial charge in [-0.2, -0.15) is 0 Å². The van der Waals surface area contributed by atoms with Crippen molar-refractivity contribution < 1.29 is 9.53 Å². The van der Waals surface area contributed by atoms with E-state index in [0.717, 1.165) is 0 Å². The predicted molar refractivity (Wildman–Crippen MR) is 25.0 cm³/mol. The van der Waals surface area contributed by atoms with Gasteiger partial charge in [-0.3, -0.25) is 4.79 Å². The maximum absolute atomic E-state index is 10.3. The highest BCUT2D eigenvalue weighted by molar-refractivity contribution is 6.01. The molecule has 1 saturated carbocycles. The molecule has 0 aromatic rings. The standard InChI is InChI=1S/C5H8O2/c1-3-4(6)5(3)7-2/h3,5H,1-2H3. The predicted octanol–water partition coefficient (Wildman–Crippen LogP) is 0.220. The van der Waals surface area contributed by atoms with Gasteiger partial charge in [0.1, 0.15) is 6.10 Å². The van der Waals surface area contributed by atoms with Crippen molar-refractivity contribution in [2.75, 3.05) is 7.11 Å². The lowest BCUT2D eigenvalue weighted by Gasteiger charge is -1.81. The Hall–Kier alpha value is -0.370. The Bertz CT molecular complexity index is 98.3. The lowest BCUT2D eigenvalue weighted by molar-refractivity contribution is -0.113. The summed E-state index contributed by atoms with van der Waals surface area (Å²) in [4.78, 5) is 10.3. The molecule has 0 bridgehead atoms. The van der Waals surface area contributed by atoms with Gasteiger partial charge in [-0.1, -0.05) is 6.92 Å². The fourth-order valence-corrected chi connectivity index (χ4v) is 0.654. The second kappa shape index (κ2) is 1.30. The summed E-state index contributed by atoms with van der Waals surface area (Å²) in [6, 6.07) is 0. The molecule has 0 aromatic carbocycles. The zero-order valence-electron chi connectivity index (χ0n) is 4.47. The Morgan fingerprint density at radius 3 is 2.14 bits per heavy atom. The van der Waals surface area contributed by atoms with Crippen molar-refractivity contribution >= 4 is 5.78 Å². The van der Waals surface area contributed by atoms with Crippen molar-refractivity contribution in [3.63, 3.8) is 0 Å². The monoisotopic (exact) mass is 100 g/mol. The summed E-state index contributed by atoms with van der Waals surface area (Å²) >= 11 is 0. The van der Waals surface area contributed by atoms with E-state index in [1.165, 1.54) is 0 Å². The third-order valence-electron chi connectivity index (χ3n) is 1.33. The van der Waals surface area contributed by atoms with Gasteiger partial charge in [0, 0.05) is 7.11 Å². The molecule has 0 amide bonds. The molecule has 1 fully saturated rings. The lowest BCUT2D eigenvalue weighted by Crippen LogP contribution is -1.88. The summed E-state index contributed by atoms with van der Waals surface area (Å²) < 4.78 is 4.74. The number of Topliss-reactive ketones (excluding diaryl/α,β-unsaturated/α-hetero) is 1. The van der Waals surface area contributed by atoms with E-state index < -0.39 is 0 Å². The lowest BCUT2D eigenvalue weighted by atomic mass is 10.5. The summed E-state index contributed by atoms with van der Waals surface area (Å²) in [5.74, 6) is 0.410. The van der Waals surface area contributed by atoms with Crippen molar-refractivity contribution in [3.05, 3.63) is 0 Å². The van der Waals surface area contributed by atoms with Crippen LogP contribution in [0, 0.1) is 5.92 Å². The summed E-state index contributed by atoms with van der Waals surface area (Å²) in [6.45, 7) is 1.87. The van der Waals surface area contributed by atoms with Gasteiger partial charge in [0.05, 0.1) is 5.92 Å². The van der Waals surface area contributed by atoms with Crippen molar-refractivity contribution in [3.8, 4) is 0 Å². The van der Waals surface area contributed by atoms with Crippen LogP contribution in [-0.4, -0.2) is 19.0 Å². The normalized spacial score (nSPS) is 38.9. The van der Waals surface area contributed by atoms with E-state index in [2.05, 4.69) is 0 Å². The van der Waals surface area contributed by atoms with Gasteiger partial charge in [0.2, 0.25) is 0 Å². The van der Waals surface area contributed by atoms with Crippen LogP contribution in [0.5, 0.6) is 0 Å². The molecule has 0 spiro atoms. The van der Waals surface area contributed by atoms with Crippen LogP contribution in [-0.2, 0) is 9.53 Å². The van der Waals surface area contributed by atoms with E-state index in [1.807, 2.05) is 6.92 Å². The van der Waals surface area contributed by atoms with Crippen molar-refractivity contribution in [2.24, 2.45) is 5.92 Å². The molecule has 0 N–H and O–H groups in total. The van der Waals surface area contributed by atoms with Crippen molar-refractivity contribution in [1.29, 1.82) is 0 Å². The molecular formula is C5H8O2. The number of methoxy groups -OCH3 is 1. The molecule has 0 aliphatic heterocycles. The van der Waals surface area contributed by atoms with E-state index in [4.69, 9.17) is 4.74 Å². The Labute approximate surface area is 42.5 Å². The van der Waals surface area contributed by atoms with Crippen LogP contribution in [0.1, 0.15) is 6.92 Å². The Balaban J connectivity index is 2.38. The van der Waals surface area contributed by atoms with Crippen LogP contribution in [0.2, 0.25) is 0 Å². The molecule has 1 rings (SSSR count). The van der Waals surface area contributed by atoms with E-state index in [1.54, 1.807) is 7.11 Å². The number of ether oxygens (including phenoxy) is 1. The molecular weight excluding hydrogens is 92.1 g/mol. The van der Waals surface area contributed by atoms with Crippen molar-refractivity contribution in [1.82, 2.24) is 0 Å². The number of rotatable bonds is 1. The number of ketones is 1. The van der Waals surface area contributed by atoms with E-state index in [9.17, 15) is 4.79 Å². The summed E-state index contributed by atoms with van der Waals surface area (Å²) in [5.41, 5.74) is 0. The number of carbonyl (C=O) groups is 1. The molecule has 2 unspecified atom stereocenters. The third-order valence-corrected chi connectivity index (χ3v) is 1.33. The van der Waals surface area contributed by atoms with Crippen LogP contribution >= 0.6 is 0 Å². The minimum atomic E-state index is -0.0694. The van der Waals surface area contributed by atoms with Gasteiger partial charge in [-0.15, -0.1) is 0 Å². The molecule has 2 atom stereocenters. The first-order valence-corrected chi connectivity index (χ1v) is 2.34. The minimum Gasteiger partial charge on any atom is -0.373 e. The van der Waals surface area contributed by atoms with Gasteiger partial charge in [-0.25, -0.2) is 0 Å². The molecule has 0 radical (unpaired) electrons. The molecule has 7 heavy (non-hydrogen) atoms. The molecule has 0 heterocycles. The largest absolute Gasteiger partial charge is 0.373 e. The highest BCUT2D eigenvalue weighted by Gasteiger charge is 2.45. The maximum atomic E-state index is 10.3. The Kier molecular flexibility index (Phi) is 0.889. The Morgan fingerprint density at radius 1 is 1.71 bits per heavy atom. The van der Waals surface area contributed by atoms with E-state index in [-0.39, 0.29) is 17.8 Å². The van der Waals surface area contributed by atoms with E-state index >= 15 is 0 Å². The molecule has 2 heteroatoms. The van der Waals surface area contributed by atoms with Gasteiger partial charge in [0.25, 0.3) is 0 Å².